The van der Waals surface area contributed by atoms with E-state index < -0.39 is 0 Å². The molecule has 9 nitrogen and oxygen atoms in total. The molecule has 1 N–H and O–H groups in total. The van der Waals surface area contributed by atoms with Crippen LogP contribution in [0.25, 0.3) is 44.8 Å². The molecule has 2 amide bonds. The van der Waals surface area contributed by atoms with Gasteiger partial charge in [0, 0.05) is 42.7 Å². The zero-order valence-corrected chi connectivity index (χ0v) is 25.0. The molecule has 0 spiro atoms. The first kappa shape index (κ1) is 25.8. The van der Waals surface area contributed by atoms with E-state index >= 15 is 0 Å². The van der Waals surface area contributed by atoms with Gasteiger partial charge in [0.25, 0.3) is 5.91 Å². The number of piperidine rings is 1. The number of fused-ring (bicyclic) bond motifs is 5. The summed E-state index contributed by atoms with van der Waals surface area (Å²) in [4.78, 5) is 38.2. The number of ether oxygens (including phenoxy) is 1. The zero-order chi connectivity index (χ0) is 29.7. The first-order valence-corrected chi connectivity index (χ1v) is 15.7. The van der Waals surface area contributed by atoms with Crippen molar-refractivity contribution >= 4 is 39.6 Å². The Morgan fingerprint density at radius 1 is 1.07 bits per heavy atom. The molecule has 2 aromatic carbocycles. The number of pyridine rings is 1. The van der Waals surface area contributed by atoms with Gasteiger partial charge in [0.15, 0.2) is 5.82 Å². The molecule has 44 heavy (non-hydrogen) atoms. The molecule has 4 aliphatic rings. The topological polar surface area (TPSA) is 94.3 Å². The van der Waals surface area contributed by atoms with Gasteiger partial charge < -0.3 is 24.1 Å². The van der Waals surface area contributed by atoms with Crippen molar-refractivity contribution in [3.8, 4) is 28.5 Å². The van der Waals surface area contributed by atoms with Crippen LogP contribution in [-0.4, -0.2) is 55.5 Å². The van der Waals surface area contributed by atoms with E-state index in [1.54, 1.807) is 7.11 Å². The zero-order valence-electron chi connectivity index (χ0n) is 25.0. The van der Waals surface area contributed by atoms with Gasteiger partial charge in [0.05, 0.1) is 36.1 Å². The Kier molecular flexibility index (Phi) is 5.52. The van der Waals surface area contributed by atoms with Crippen LogP contribution in [-0.2, 0) is 24.8 Å². The van der Waals surface area contributed by atoms with Gasteiger partial charge in [-0.15, -0.1) is 0 Å². The van der Waals surface area contributed by atoms with Gasteiger partial charge >= 0.3 is 0 Å². The average molecular weight is 587 g/mol. The molecular formula is C35H34N6O3. The number of anilines is 1. The van der Waals surface area contributed by atoms with Crippen LogP contribution < -0.4 is 10.1 Å². The second kappa shape index (κ2) is 9.42. The number of amides is 2. The Morgan fingerprint density at radius 3 is 2.73 bits per heavy atom. The normalized spacial score (nSPS) is 20.6. The third-order valence-corrected chi connectivity index (χ3v) is 10.2. The van der Waals surface area contributed by atoms with E-state index in [0.29, 0.717) is 35.6 Å². The van der Waals surface area contributed by atoms with Crippen LogP contribution in [0.2, 0.25) is 0 Å². The molecule has 9 heteroatoms. The van der Waals surface area contributed by atoms with Gasteiger partial charge in [0.2, 0.25) is 5.91 Å². The fourth-order valence-electron chi connectivity index (χ4n) is 7.83. The van der Waals surface area contributed by atoms with E-state index in [1.807, 2.05) is 43.4 Å². The Bertz CT molecular complexity index is 2040. The van der Waals surface area contributed by atoms with Gasteiger partial charge in [-0.2, -0.15) is 0 Å². The number of hydrogen-bond acceptors (Lipinski definition) is 5. The quantitative estimate of drug-likeness (QED) is 0.272. The minimum atomic E-state index is 0.0164. The number of benzene rings is 2. The number of imidazole rings is 1. The predicted molar refractivity (Wildman–Crippen MR) is 169 cm³/mol. The summed E-state index contributed by atoms with van der Waals surface area (Å²) in [6.07, 6.45) is 6.27. The van der Waals surface area contributed by atoms with Crippen molar-refractivity contribution in [2.75, 3.05) is 19.0 Å². The lowest BCUT2D eigenvalue weighted by Gasteiger charge is -2.27. The summed E-state index contributed by atoms with van der Waals surface area (Å²) >= 11 is 0. The maximum atomic E-state index is 13.6. The maximum Gasteiger partial charge on any atom is 0.254 e. The number of likely N-dealkylation sites (tertiary alicyclic amines) is 1. The highest BCUT2D eigenvalue weighted by atomic mass is 16.5. The first-order chi connectivity index (χ1) is 21.4. The molecule has 2 aliphatic carbocycles. The molecule has 0 radical (unpaired) electrons. The lowest BCUT2D eigenvalue weighted by Crippen LogP contribution is -2.37. The van der Waals surface area contributed by atoms with Crippen LogP contribution in [0.4, 0.5) is 5.69 Å². The first-order valence-electron chi connectivity index (χ1n) is 15.7. The number of carbonyl (C=O) groups is 2. The summed E-state index contributed by atoms with van der Waals surface area (Å²) in [6.45, 7) is 1.71. The van der Waals surface area contributed by atoms with Gasteiger partial charge in [-0.3, -0.25) is 9.59 Å². The van der Waals surface area contributed by atoms with E-state index in [2.05, 4.69) is 31.5 Å². The molecule has 2 aliphatic heterocycles. The van der Waals surface area contributed by atoms with Gasteiger partial charge in [-0.1, -0.05) is 18.2 Å². The van der Waals surface area contributed by atoms with Crippen molar-refractivity contribution in [3.63, 3.8) is 0 Å². The molecular weight excluding hydrogens is 552 g/mol. The van der Waals surface area contributed by atoms with Crippen molar-refractivity contribution in [3.05, 3.63) is 59.7 Å². The molecule has 9 rings (SSSR count). The number of rotatable bonds is 6. The number of carbonyl (C=O) groups excluding carboxylic acids is 2. The number of aromatic nitrogens is 4. The summed E-state index contributed by atoms with van der Waals surface area (Å²) in [7, 11) is 3.67. The van der Waals surface area contributed by atoms with Crippen LogP contribution >= 0.6 is 0 Å². The molecule has 3 fully saturated rings. The second-order valence-corrected chi connectivity index (χ2v) is 13.1. The third-order valence-electron chi connectivity index (χ3n) is 10.2. The maximum absolute atomic E-state index is 13.6. The van der Waals surface area contributed by atoms with Crippen LogP contribution in [0.3, 0.4) is 0 Å². The molecule has 2 atom stereocenters. The fraction of sp³-hybridized carbons (Fsp3) is 0.371. The average Bonchev–Trinajstić information content (AvgIpc) is 3.41. The van der Waals surface area contributed by atoms with Crippen molar-refractivity contribution < 1.29 is 14.3 Å². The molecule has 2 saturated carbocycles. The molecule has 1 saturated heterocycles. The van der Waals surface area contributed by atoms with Crippen molar-refractivity contribution in [1.82, 2.24) is 24.0 Å². The summed E-state index contributed by atoms with van der Waals surface area (Å²) in [5.41, 5.74) is 7.80. The molecule has 3 aromatic heterocycles. The smallest absolute Gasteiger partial charge is 0.254 e. The van der Waals surface area contributed by atoms with Crippen LogP contribution in [0.5, 0.6) is 5.75 Å². The van der Waals surface area contributed by atoms with Crippen molar-refractivity contribution in [2.24, 2.45) is 18.9 Å². The second-order valence-electron chi connectivity index (χ2n) is 13.1. The number of hydrogen-bond donors (Lipinski definition) is 1. The number of nitrogens with one attached hydrogen (secondary N) is 1. The minimum Gasteiger partial charge on any atom is -0.494 e. The van der Waals surface area contributed by atoms with E-state index in [-0.39, 0.29) is 11.8 Å². The minimum absolute atomic E-state index is 0.0164. The largest absolute Gasteiger partial charge is 0.494 e. The SMILES string of the molecule is COc1cc(C(=O)N2CC3CCC2C3)cc2nc(-c3cc4ccc(-c5cccc6c5NC(=O)C6)nc4n3CC3CC3)n(C)c12. The molecule has 5 heterocycles. The van der Waals surface area contributed by atoms with Crippen LogP contribution in [0.15, 0.2) is 48.5 Å². The Hall–Kier alpha value is -4.66. The Labute approximate surface area is 254 Å². The Balaban J connectivity index is 1.17. The highest BCUT2D eigenvalue weighted by Gasteiger charge is 2.40. The van der Waals surface area contributed by atoms with Gasteiger partial charge in [-0.25, -0.2) is 9.97 Å². The summed E-state index contributed by atoms with van der Waals surface area (Å²) in [6, 6.07) is 16.5. The summed E-state index contributed by atoms with van der Waals surface area (Å²) < 4.78 is 10.3. The van der Waals surface area contributed by atoms with E-state index in [1.165, 1.54) is 19.3 Å². The lowest BCUT2D eigenvalue weighted by atomic mass is 10.0. The molecule has 2 bridgehead atoms. The highest BCUT2D eigenvalue weighted by molar-refractivity contribution is 6.04. The molecule has 5 aromatic rings. The van der Waals surface area contributed by atoms with E-state index in [4.69, 9.17) is 14.7 Å². The fourth-order valence-corrected chi connectivity index (χ4v) is 7.83. The summed E-state index contributed by atoms with van der Waals surface area (Å²) in [5.74, 6) is 2.81. The third kappa shape index (κ3) is 3.91. The van der Waals surface area contributed by atoms with E-state index in [9.17, 15) is 9.59 Å². The van der Waals surface area contributed by atoms with Crippen molar-refractivity contribution in [1.29, 1.82) is 0 Å². The monoisotopic (exact) mass is 586 g/mol. The molecule has 222 valence electrons. The van der Waals surface area contributed by atoms with E-state index in [0.717, 1.165) is 82.0 Å². The Morgan fingerprint density at radius 2 is 1.95 bits per heavy atom. The lowest BCUT2D eigenvalue weighted by molar-refractivity contribution is -0.115. The standard InChI is InChI=1S/C35H34N6O3/c1-39-32-27(13-23(15-29(32)44-2)35(43)40-18-20-8-10-24(40)12-20)37-34(39)28-14-22-9-11-26(36-33(22)41(28)17-19-6-7-19)25-5-3-4-21-16-30(42)38-31(21)25/h3-5,9,11,13-15,19-20,24H,6-8,10,12,16-18H2,1-2H3,(H,38,42). The van der Waals surface area contributed by atoms with Gasteiger partial charge in [0.1, 0.15) is 16.9 Å². The number of aryl methyl sites for hydroxylation is 1. The number of methoxy groups -OCH3 is 1. The molecule has 2 unspecified atom stereocenters. The number of para-hydroxylation sites is 1. The highest BCUT2D eigenvalue weighted by Crippen LogP contribution is 2.41. The van der Waals surface area contributed by atoms with Crippen LogP contribution in [0, 0.1) is 11.8 Å². The van der Waals surface area contributed by atoms with Gasteiger partial charge in [-0.05, 0) is 79.8 Å². The number of nitrogens with zero attached hydrogens (tertiary/aromatic N) is 5. The van der Waals surface area contributed by atoms with Crippen molar-refractivity contribution in [2.45, 2.75) is 51.1 Å². The van der Waals surface area contributed by atoms with Crippen LogP contribution in [0.1, 0.15) is 48.0 Å². The predicted octanol–water partition coefficient (Wildman–Crippen LogP) is 5.79. The summed E-state index contributed by atoms with van der Waals surface area (Å²) in [5, 5.41) is 4.08.